The van der Waals surface area contributed by atoms with Gasteiger partial charge in [0.05, 0.1) is 0 Å². The molecule has 4 aliphatic carbocycles. The molecule has 4 bridgehead atoms. The molecule has 152 valence electrons. The van der Waals surface area contributed by atoms with E-state index in [2.05, 4.69) is 26.1 Å². The maximum atomic E-state index is 12.4. The highest BCUT2D eigenvalue weighted by Gasteiger charge is 2.51. The number of anilines is 3. The summed E-state index contributed by atoms with van der Waals surface area (Å²) in [4.78, 5) is 21.0. The van der Waals surface area contributed by atoms with Gasteiger partial charge in [0.25, 0.3) is 5.91 Å². The summed E-state index contributed by atoms with van der Waals surface area (Å²) in [6.07, 6.45) is 9.26. The molecular formula is C22H28N6O. The maximum absolute atomic E-state index is 12.4. The molecule has 2 aromatic rings. The SMILES string of the molecule is Cc1ccc(C(=O)NNc2ncnc(NC34CC5CC(CC(C5)C3)C4)c2N)cc1. The van der Waals surface area contributed by atoms with Crippen molar-refractivity contribution in [3.8, 4) is 0 Å². The predicted octanol–water partition coefficient (Wildman–Crippen LogP) is 3.50. The number of nitrogen functional groups attached to an aromatic ring is 1. The van der Waals surface area contributed by atoms with Crippen LogP contribution in [0.1, 0.15) is 54.4 Å². The molecule has 6 rings (SSSR count). The molecule has 1 aromatic heterocycles. The van der Waals surface area contributed by atoms with Gasteiger partial charge in [-0.1, -0.05) is 17.7 Å². The van der Waals surface area contributed by atoms with Crippen molar-refractivity contribution in [2.24, 2.45) is 17.8 Å². The van der Waals surface area contributed by atoms with Crippen molar-refractivity contribution in [2.45, 2.75) is 51.0 Å². The first-order valence-electron chi connectivity index (χ1n) is 10.5. The molecule has 7 nitrogen and oxygen atoms in total. The number of benzene rings is 1. The van der Waals surface area contributed by atoms with Gasteiger partial charge >= 0.3 is 0 Å². The van der Waals surface area contributed by atoms with E-state index in [9.17, 15) is 4.79 Å². The average Bonchev–Trinajstić information content (AvgIpc) is 2.68. The largest absolute Gasteiger partial charge is 0.393 e. The number of rotatable bonds is 5. The zero-order valence-corrected chi connectivity index (χ0v) is 16.7. The van der Waals surface area contributed by atoms with Crippen LogP contribution in [0.3, 0.4) is 0 Å². The van der Waals surface area contributed by atoms with E-state index in [0.717, 1.165) is 23.3 Å². The standard InChI is InChI=1S/C22H28N6O/c1-13-2-4-17(5-3-13)21(29)28-27-20-18(23)19(24-12-25-20)26-22-9-14-6-15(10-22)8-16(7-14)11-22/h2-5,12,14-16H,6-11,23H2,1H3,(H,28,29)(H2,24,25,26,27). The molecule has 4 aliphatic rings. The molecule has 0 radical (unpaired) electrons. The number of aryl methyl sites for hydroxylation is 1. The van der Waals surface area contributed by atoms with Gasteiger partial charge in [-0.15, -0.1) is 0 Å². The van der Waals surface area contributed by atoms with Crippen LogP contribution < -0.4 is 21.9 Å². The van der Waals surface area contributed by atoms with Crippen molar-refractivity contribution < 1.29 is 4.79 Å². The lowest BCUT2D eigenvalue weighted by Crippen LogP contribution is -2.55. The Balaban J connectivity index is 1.29. The van der Waals surface area contributed by atoms with Crippen LogP contribution in [0.4, 0.5) is 17.3 Å². The van der Waals surface area contributed by atoms with E-state index in [0.29, 0.717) is 22.9 Å². The highest BCUT2D eigenvalue weighted by Crippen LogP contribution is 2.56. The van der Waals surface area contributed by atoms with Gasteiger partial charge in [0, 0.05) is 11.1 Å². The number of carbonyl (C=O) groups excluding carboxylic acids is 1. The topological polar surface area (TPSA) is 105 Å². The Labute approximate surface area is 170 Å². The van der Waals surface area contributed by atoms with Gasteiger partial charge in [-0.2, -0.15) is 0 Å². The number of nitrogens with one attached hydrogen (secondary N) is 3. The summed E-state index contributed by atoms with van der Waals surface area (Å²) in [6.45, 7) is 1.99. The van der Waals surface area contributed by atoms with Crippen molar-refractivity contribution in [1.82, 2.24) is 15.4 Å². The summed E-state index contributed by atoms with van der Waals surface area (Å²) in [5.74, 6) is 3.34. The summed E-state index contributed by atoms with van der Waals surface area (Å²) in [6, 6.07) is 7.38. The van der Waals surface area contributed by atoms with Crippen molar-refractivity contribution in [1.29, 1.82) is 0 Å². The molecule has 1 amide bonds. The van der Waals surface area contributed by atoms with Crippen LogP contribution in [0.5, 0.6) is 0 Å². The number of hydrogen-bond acceptors (Lipinski definition) is 6. The summed E-state index contributed by atoms with van der Waals surface area (Å²) < 4.78 is 0. The fourth-order valence-electron chi connectivity index (χ4n) is 6.00. The third-order valence-corrected chi connectivity index (χ3v) is 6.91. The Morgan fingerprint density at radius 3 is 2.21 bits per heavy atom. The first kappa shape index (κ1) is 18.2. The van der Waals surface area contributed by atoms with Crippen LogP contribution in [0.15, 0.2) is 30.6 Å². The lowest BCUT2D eigenvalue weighted by atomic mass is 9.53. The van der Waals surface area contributed by atoms with Gasteiger partial charge < -0.3 is 11.1 Å². The fraction of sp³-hybridized carbons (Fsp3) is 0.500. The molecule has 0 atom stereocenters. The van der Waals surface area contributed by atoms with Gasteiger partial charge in [-0.25, -0.2) is 9.97 Å². The number of hydrogen-bond donors (Lipinski definition) is 4. The second kappa shape index (κ2) is 6.90. The maximum Gasteiger partial charge on any atom is 0.269 e. The van der Waals surface area contributed by atoms with E-state index >= 15 is 0 Å². The molecule has 5 N–H and O–H groups in total. The highest BCUT2D eigenvalue weighted by atomic mass is 16.2. The molecule has 0 aliphatic heterocycles. The summed E-state index contributed by atoms with van der Waals surface area (Å²) >= 11 is 0. The lowest BCUT2D eigenvalue weighted by Gasteiger charge is -2.57. The molecule has 7 heteroatoms. The number of carbonyl (C=O) groups is 1. The fourth-order valence-corrected chi connectivity index (χ4v) is 6.00. The van der Waals surface area contributed by atoms with Gasteiger partial charge in [-0.3, -0.25) is 15.6 Å². The first-order chi connectivity index (χ1) is 14.0. The van der Waals surface area contributed by atoms with Crippen molar-refractivity contribution in [3.05, 3.63) is 41.7 Å². The van der Waals surface area contributed by atoms with E-state index in [4.69, 9.17) is 5.73 Å². The Bertz CT molecular complexity index is 890. The molecule has 0 unspecified atom stereocenters. The lowest BCUT2D eigenvalue weighted by molar-refractivity contribution is 0.0106. The zero-order chi connectivity index (χ0) is 20.0. The molecule has 1 aromatic carbocycles. The van der Waals surface area contributed by atoms with E-state index < -0.39 is 0 Å². The number of nitrogens with two attached hydrogens (primary N) is 1. The molecule has 1 heterocycles. The Morgan fingerprint density at radius 2 is 1.59 bits per heavy atom. The molecule has 0 saturated heterocycles. The second-order valence-electron chi connectivity index (χ2n) is 9.25. The normalized spacial score (nSPS) is 29.5. The van der Waals surface area contributed by atoms with Crippen LogP contribution in [0, 0.1) is 24.7 Å². The number of hydrazine groups is 1. The smallest absolute Gasteiger partial charge is 0.269 e. The second-order valence-corrected chi connectivity index (χ2v) is 9.25. The molecule has 4 fully saturated rings. The number of aromatic nitrogens is 2. The Hall–Kier alpha value is -2.83. The van der Waals surface area contributed by atoms with Gasteiger partial charge in [0.2, 0.25) is 0 Å². The minimum Gasteiger partial charge on any atom is -0.393 e. The summed E-state index contributed by atoms with van der Waals surface area (Å²) in [5, 5.41) is 3.69. The van der Waals surface area contributed by atoms with Crippen LogP contribution in [0.2, 0.25) is 0 Å². The van der Waals surface area contributed by atoms with E-state index in [1.165, 1.54) is 44.9 Å². The molecular weight excluding hydrogens is 364 g/mol. The van der Waals surface area contributed by atoms with Gasteiger partial charge in [0.1, 0.15) is 12.0 Å². The van der Waals surface area contributed by atoms with Crippen molar-refractivity contribution >= 4 is 23.2 Å². The van der Waals surface area contributed by atoms with E-state index in [1.54, 1.807) is 12.1 Å². The number of amides is 1. The van der Waals surface area contributed by atoms with E-state index in [1.807, 2.05) is 19.1 Å². The third-order valence-electron chi connectivity index (χ3n) is 6.91. The monoisotopic (exact) mass is 392 g/mol. The minimum absolute atomic E-state index is 0.111. The number of nitrogens with zero attached hydrogens (tertiary/aromatic N) is 2. The third kappa shape index (κ3) is 3.50. The van der Waals surface area contributed by atoms with Crippen LogP contribution in [0.25, 0.3) is 0 Å². The molecule has 29 heavy (non-hydrogen) atoms. The predicted molar refractivity (Wildman–Crippen MR) is 113 cm³/mol. The Kier molecular flexibility index (Phi) is 4.33. The van der Waals surface area contributed by atoms with Gasteiger partial charge in [-0.05, 0) is 75.3 Å². The van der Waals surface area contributed by atoms with Gasteiger partial charge in [0.15, 0.2) is 11.6 Å². The van der Waals surface area contributed by atoms with E-state index in [-0.39, 0.29) is 11.4 Å². The van der Waals surface area contributed by atoms with Crippen LogP contribution in [-0.2, 0) is 0 Å². The van der Waals surface area contributed by atoms with Crippen LogP contribution >= 0.6 is 0 Å². The zero-order valence-electron chi connectivity index (χ0n) is 16.7. The summed E-state index contributed by atoms with van der Waals surface area (Å²) in [7, 11) is 0. The van der Waals surface area contributed by atoms with Crippen molar-refractivity contribution in [3.63, 3.8) is 0 Å². The molecule has 0 spiro atoms. The highest BCUT2D eigenvalue weighted by molar-refractivity contribution is 5.95. The Morgan fingerprint density at radius 1 is 1.00 bits per heavy atom. The average molecular weight is 393 g/mol. The first-order valence-corrected chi connectivity index (χ1v) is 10.5. The quantitative estimate of drug-likeness (QED) is 0.581. The molecule has 4 saturated carbocycles. The van der Waals surface area contributed by atoms with Crippen LogP contribution in [-0.4, -0.2) is 21.4 Å². The van der Waals surface area contributed by atoms with Crippen molar-refractivity contribution in [2.75, 3.05) is 16.5 Å². The summed E-state index contributed by atoms with van der Waals surface area (Å²) in [5.41, 5.74) is 14.1. The minimum atomic E-state index is -0.237.